The third-order valence-corrected chi connectivity index (χ3v) is 7.24. The van der Waals surface area contributed by atoms with Gasteiger partial charge in [-0.1, -0.05) is 44.2 Å². The number of carbonyl (C=O) groups excluding carboxylic acids is 3. The minimum Gasteiger partial charge on any atom is -0.489 e. The van der Waals surface area contributed by atoms with Crippen molar-refractivity contribution in [1.82, 2.24) is 9.80 Å². The quantitative estimate of drug-likeness (QED) is 0.541. The van der Waals surface area contributed by atoms with Crippen LogP contribution in [-0.2, 0) is 29.3 Å². The van der Waals surface area contributed by atoms with Crippen molar-refractivity contribution in [2.45, 2.75) is 78.1 Å². The Bertz CT molecular complexity index is 1060. The van der Waals surface area contributed by atoms with Crippen molar-refractivity contribution in [1.29, 1.82) is 0 Å². The summed E-state index contributed by atoms with van der Waals surface area (Å²) < 4.78 is 6.16. The van der Waals surface area contributed by atoms with Crippen molar-refractivity contribution in [3.63, 3.8) is 0 Å². The highest BCUT2D eigenvalue weighted by Crippen LogP contribution is 2.34. The second-order valence-electron chi connectivity index (χ2n) is 9.55. The third kappa shape index (κ3) is 5.99. The van der Waals surface area contributed by atoms with Gasteiger partial charge in [-0.2, -0.15) is 0 Å². The van der Waals surface area contributed by atoms with Gasteiger partial charge < -0.3 is 9.64 Å². The van der Waals surface area contributed by atoms with Gasteiger partial charge in [-0.15, -0.1) is 0 Å². The number of ether oxygens (including phenoxy) is 1. The van der Waals surface area contributed by atoms with Crippen molar-refractivity contribution < 1.29 is 19.1 Å². The Morgan fingerprint density at radius 2 is 1.63 bits per heavy atom. The zero-order valence-corrected chi connectivity index (χ0v) is 20.9. The Hall–Kier alpha value is -2.99. The van der Waals surface area contributed by atoms with Crippen LogP contribution in [0.5, 0.6) is 5.75 Å². The van der Waals surface area contributed by atoms with Crippen LogP contribution in [-0.4, -0.2) is 46.4 Å². The lowest BCUT2D eigenvalue weighted by Crippen LogP contribution is -2.41. The summed E-state index contributed by atoms with van der Waals surface area (Å²) in [5, 5.41) is 0. The van der Waals surface area contributed by atoms with Crippen molar-refractivity contribution in [2.24, 2.45) is 0 Å². The average Bonchev–Trinajstić information content (AvgIpc) is 3.24. The number of hydrogen-bond acceptors (Lipinski definition) is 5. The third-order valence-electron chi connectivity index (χ3n) is 7.24. The van der Waals surface area contributed by atoms with Gasteiger partial charge in [0, 0.05) is 36.9 Å². The van der Waals surface area contributed by atoms with Crippen molar-refractivity contribution in [2.75, 3.05) is 13.1 Å². The van der Waals surface area contributed by atoms with Crippen molar-refractivity contribution in [3.05, 3.63) is 64.7 Å². The molecule has 1 fully saturated rings. The number of fused-ring (bicyclic) bond motifs is 1. The molecule has 0 radical (unpaired) electrons. The van der Waals surface area contributed by atoms with Crippen LogP contribution in [0.3, 0.4) is 0 Å². The van der Waals surface area contributed by atoms with Gasteiger partial charge in [0.05, 0.1) is 12.6 Å². The summed E-state index contributed by atoms with van der Waals surface area (Å²) in [5.41, 5.74) is 3.76. The number of ketones is 2. The first-order valence-corrected chi connectivity index (χ1v) is 12.9. The second kappa shape index (κ2) is 11.6. The summed E-state index contributed by atoms with van der Waals surface area (Å²) in [7, 11) is 0. The maximum atomic E-state index is 13.2. The summed E-state index contributed by atoms with van der Waals surface area (Å²) >= 11 is 0. The second-order valence-corrected chi connectivity index (χ2v) is 9.55. The molecule has 6 nitrogen and oxygen atoms in total. The minimum atomic E-state index is -0.539. The van der Waals surface area contributed by atoms with Gasteiger partial charge in [0.25, 0.3) is 5.91 Å². The molecule has 0 unspecified atom stereocenters. The van der Waals surface area contributed by atoms with E-state index in [1.165, 1.54) is 5.56 Å². The van der Waals surface area contributed by atoms with Gasteiger partial charge >= 0.3 is 0 Å². The molecule has 1 saturated carbocycles. The number of hydrogen-bond donors (Lipinski definition) is 0. The van der Waals surface area contributed by atoms with Crippen LogP contribution in [0.4, 0.5) is 0 Å². The SMILES string of the molecule is CCN(CC)Cc1ccc(COc2cccc3c2CN([C@@H]2CCC(=O)CCCCC2=O)C3=O)cc1. The number of amides is 1. The topological polar surface area (TPSA) is 66.9 Å². The summed E-state index contributed by atoms with van der Waals surface area (Å²) in [6.07, 6.45) is 3.17. The molecule has 2 aliphatic rings. The number of carbonyl (C=O) groups is 3. The zero-order valence-electron chi connectivity index (χ0n) is 20.9. The maximum absolute atomic E-state index is 13.2. The normalized spacial score (nSPS) is 18.9. The van der Waals surface area contributed by atoms with E-state index in [4.69, 9.17) is 4.74 Å². The number of Topliss-reactive ketones (excluding diaryl/α,β-unsaturated/α-hetero) is 2. The fourth-order valence-corrected chi connectivity index (χ4v) is 5.02. The average molecular weight is 477 g/mol. The number of rotatable bonds is 8. The van der Waals surface area contributed by atoms with E-state index >= 15 is 0 Å². The van der Waals surface area contributed by atoms with E-state index in [0.29, 0.717) is 56.6 Å². The molecular formula is C29H36N2O4. The molecule has 0 aromatic heterocycles. The largest absolute Gasteiger partial charge is 0.489 e. The Morgan fingerprint density at radius 3 is 2.37 bits per heavy atom. The fraction of sp³-hybridized carbons (Fsp3) is 0.483. The van der Waals surface area contributed by atoms with E-state index < -0.39 is 6.04 Å². The van der Waals surface area contributed by atoms with Crippen LogP contribution in [0.25, 0.3) is 0 Å². The van der Waals surface area contributed by atoms with Crippen LogP contribution >= 0.6 is 0 Å². The summed E-state index contributed by atoms with van der Waals surface area (Å²) in [6.45, 7) is 8.08. The monoisotopic (exact) mass is 476 g/mol. The van der Waals surface area contributed by atoms with Crippen LogP contribution in [0.2, 0.25) is 0 Å². The predicted octanol–water partition coefficient (Wildman–Crippen LogP) is 4.92. The Labute approximate surface area is 208 Å². The van der Waals surface area contributed by atoms with Crippen LogP contribution in [0.1, 0.15) is 79.4 Å². The number of benzene rings is 2. The lowest BCUT2D eigenvalue weighted by atomic mass is 10.0. The Morgan fingerprint density at radius 1 is 0.914 bits per heavy atom. The number of nitrogens with zero attached hydrogens (tertiary/aromatic N) is 2. The lowest BCUT2D eigenvalue weighted by molar-refractivity contribution is -0.124. The van der Waals surface area contributed by atoms with Gasteiger partial charge in [-0.3, -0.25) is 19.3 Å². The van der Waals surface area contributed by atoms with Crippen LogP contribution < -0.4 is 4.74 Å². The van der Waals surface area contributed by atoms with Gasteiger partial charge in [-0.05, 0) is 55.6 Å². The molecule has 186 valence electrons. The molecule has 0 saturated heterocycles. The molecule has 4 rings (SSSR count). The first-order valence-electron chi connectivity index (χ1n) is 12.9. The predicted molar refractivity (Wildman–Crippen MR) is 135 cm³/mol. The molecule has 35 heavy (non-hydrogen) atoms. The van der Waals surface area contributed by atoms with E-state index in [2.05, 4.69) is 43.0 Å². The Balaban J connectivity index is 1.44. The van der Waals surface area contributed by atoms with E-state index in [1.54, 1.807) is 11.0 Å². The van der Waals surface area contributed by atoms with Gasteiger partial charge in [0.2, 0.25) is 0 Å². The smallest absolute Gasteiger partial charge is 0.255 e. The molecule has 2 aromatic rings. The summed E-state index contributed by atoms with van der Waals surface area (Å²) in [6, 6.07) is 13.4. The minimum absolute atomic E-state index is 0.0631. The van der Waals surface area contributed by atoms with Crippen LogP contribution in [0.15, 0.2) is 42.5 Å². The zero-order chi connectivity index (χ0) is 24.8. The van der Waals surface area contributed by atoms with Crippen molar-refractivity contribution >= 4 is 17.5 Å². The first-order chi connectivity index (χ1) is 17.0. The lowest BCUT2D eigenvalue weighted by Gasteiger charge is -2.26. The molecular weight excluding hydrogens is 440 g/mol. The van der Waals surface area contributed by atoms with Crippen LogP contribution in [0, 0.1) is 0 Å². The molecule has 0 bridgehead atoms. The van der Waals surface area contributed by atoms with E-state index in [9.17, 15) is 14.4 Å². The van der Waals surface area contributed by atoms with Gasteiger partial charge in [0.1, 0.15) is 18.1 Å². The fourth-order valence-electron chi connectivity index (χ4n) is 5.02. The highest BCUT2D eigenvalue weighted by atomic mass is 16.5. The standard InChI is InChI=1S/C29H36N2O4/c1-3-30(4-2)18-21-12-14-22(15-13-21)20-35-28-11-7-9-24-25(28)19-31(29(24)34)26-17-16-23(32)8-5-6-10-27(26)33/h7,9,11-15,26H,3-6,8,10,16-20H2,1-2H3/t26-/m1/s1. The molecule has 0 N–H and O–H groups in total. The Kier molecular flexibility index (Phi) is 8.34. The first kappa shape index (κ1) is 25.1. The summed E-state index contributed by atoms with van der Waals surface area (Å²) in [4.78, 5) is 42.3. The molecule has 1 atom stereocenters. The molecule has 6 heteroatoms. The van der Waals surface area contributed by atoms with Crippen molar-refractivity contribution in [3.8, 4) is 5.75 Å². The highest BCUT2D eigenvalue weighted by molar-refractivity contribution is 6.02. The van der Waals surface area contributed by atoms with Gasteiger partial charge in [0.15, 0.2) is 5.78 Å². The molecule has 1 heterocycles. The molecule has 1 aliphatic heterocycles. The molecule has 1 aliphatic carbocycles. The molecule has 2 aromatic carbocycles. The van der Waals surface area contributed by atoms with E-state index in [0.717, 1.165) is 37.2 Å². The summed E-state index contributed by atoms with van der Waals surface area (Å²) in [5.74, 6) is 0.780. The maximum Gasteiger partial charge on any atom is 0.255 e. The van der Waals surface area contributed by atoms with Gasteiger partial charge in [-0.25, -0.2) is 0 Å². The van der Waals surface area contributed by atoms with E-state index in [1.807, 2.05) is 12.1 Å². The van der Waals surface area contributed by atoms with E-state index in [-0.39, 0.29) is 17.5 Å². The molecule has 1 amide bonds. The highest BCUT2D eigenvalue weighted by Gasteiger charge is 2.37. The molecule has 0 spiro atoms.